The van der Waals surface area contributed by atoms with Crippen LogP contribution in [0.4, 0.5) is 0 Å². The van der Waals surface area contributed by atoms with Crippen LogP contribution in [0, 0.1) is 0 Å². The summed E-state index contributed by atoms with van der Waals surface area (Å²) in [5.41, 5.74) is 0. The molecular weight excluding hydrogens is 148 g/mol. The Kier molecular flexibility index (Phi) is 6.67. The third-order valence-electron chi connectivity index (χ3n) is 1.04. The highest BCUT2D eigenvalue weighted by Crippen LogP contribution is 1.90. The van der Waals surface area contributed by atoms with Gasteiger partial charge in [-0.1, -0.05) is 6.58 Å². The second-order valence-electron chi connectivity index (χ2n) is 1.91. The minimum absolute atomic E-state index is 0.269. The smallest absolute Gasteiger partial charge is 0.330 e. The van der Waals surface area contributed by atoms with Gasteiger partial charge in [-0.05, 0) is 12.8 Å². The number of ether oxygens (including phenoxy) is 1. The van der Waals surface area contributed by atoms with E-state index in [-0.39, 0.29) is 6.61 Å². The lowest BCUT2D eigenvalue weighted by molar-refractivity contribution is -0.243. The number of carbonyl (C=O) groups is 1. The molecule has 0 rings (SSSR count). The minimum atomic E-state index is -0.421. The zero-order chi connectivity index (χ0) is 8.53. The summed E-state index contributed by atoms with van der Waals surface area (Å²) in [6.07, 6.45) is 2.46. The number of unbranched alkanes of at least 4 members (excludes halogenated alkanes) is 1. The second kappa shape index (κ2) is 7.24. The summed E-state index contributed by atoms with van der Waals surface area (Å²) in [4.78, 5) is 14.2. The molecule has 11 heavy (non-hydrogen) atoms. The van der Waals surface area contributed by atoms with Crippen molar-refractivity contribution in [3.63, 3.8) is 0 Å². The number of esters is 1. The van der Waals surface area contributed by atoms with Crippen LogP contribution in [0.1, 0.15) is 12.8 Å². The summed E-state index contributed by atoms with van der Waals surface area (Å²) in [5.74, 6) is -0.421. The molecule has 0 fully saturated rings. The first-order chi connectivity index (χ1) is 5.31. The first-order valence-electron chi connectivity index (χ1n) is 3.37. The average molecular weight is 160 g/mol. The van der Waals surface area contributed by atoms with Crippen molar-refractivity contribution in [3.8, 4) is 0 Å². The van der Waals surface area contributed by atoms with E-state index in [0.29, 0.717) is 19.4 Å². The molecule has 0 aromatic rings. The molecule has 0 aliphatic carbocycles. The summed E-state index contributed by atoms with van der Waals surface area (Å²) in [7, 11) is 0. The maximum atomic E-state index is 10.4. The highest BCUT2D eigenvalue weighted by molar-refractivity contribution is 5.81. The van der Waals surface area contributed by atoms with Gasteiger partial charge in [-0.15, -0.1) is 0 Å². The Hall–Kier alpha value is -0.870. The first-order valence-corrected chi connectivity index (χ1v) is 3.37. The zero-order valence-electron chi connectivity index (χ0n) is 6.28. The van der Waals surface area contributed by atoms with Crippen molar-refractivity contribution in [2.75, 3.05) is 13.2 Å². The van der Waals surface area contributed by atoms with Crippen molar-refractivity contribution in [3.05, 3.63) is 12.7 Å². The SMILES string of the molecule is C=CC(=O)OCCCCOO. The maximum absolute atomic E-state index is 10.4. The first kappa shape index (κ1) is 10.1. The average Bonchev–Trinajstić information content (AvgIpc) is 2.04. The lowest BCUT2D eigenvalue weighted by Crippen LogP contribution is -2.02. The van der Waals surface area contributed by atoms with E-state index in [4.69, 9.17) is 5.26 Å². The number of rotatable bonds is 6. The quantitative estimate of drug-likeness (QED) is 0.207. The Morgan fingerprint density at radius 2 is 2.09 bits per heavy atom. The monoisotopic (exact) mass is 160 g/mol. The van der Waals surface area contributed by atoms with Gasteiger partial charge in [0.1, 0.15) is 0 Å². The molecule has 0 bridgehead atoms. The molecule has 0 atom stereocenters. The van der Waals surface area contributed by atoms with Crippen LogP contribution in [-0.4, -0.2) is 24.4 Å². The number of carbonyl (C=O) groups excluding carboxylic acids is 1. The lowest BCUT2D eigenvalue weighted by atomic mass is 10.3. The van der Waals surface area contributed by atoms with Gasteiger partial charge in [-0.3, -0.25) is 5.26 Å². The van der Waals surface area contributed by atoms with E-state index in [1.165, 1.54) is 0 Å². The molecule has 0 aromatic heterocycles. The fourth-order valence-corrected chi connectivity index (χ4v) is 0.500. The summed E-state index contributed by atoms with van der Waals surface area (Å²) < 4.78 is 4.64. The largest absolute Gasteiger partial charge is 0.463 e. The molecule has 1 N–H and O–H groups in total. The Morgan fingerprint density at radius 3 is 2.64 bits per heavy atom. The van der Waals surface area contributed by atoms with E-state index in [9.17, 15) is 4.79 Å². The molecule has 4 nitrogen and oxygen atoms in total. The van der Waals surface area contributed by atoms with Gasteiger partial charge in [-0.25, -0.2) is 9.68 Å². The fourth-order valence-electron chi connectivity index (χ4n) is 0.500. The van der Waals surface area contributed by atoms with Crippen LogP contribution in [0.25, 0.3) is 0 Å². The molecule has 0 spiro atoms. The van der Waals surface area contributed by atoms with Crippen LogP contribution in [0.3, 0.4) is 0 Å². The van der Waals surface area contributed by atoms with Crippen molar-refractivity contribution in [1.82, 2.24) is 0 Å². The van der Waals surface area contributed by atoms with Gasteiger partial charge in [0.2, 0.25) is 0 Å². The van der Waals surface area contributed by atoms with Gasteiger partial charge >= 0.3 is 5.97 Å². The van der Waals surface area contributed by atoms with Crippen molar-refractivity contribution in [2.24, 2.45) is 0 Å². The molecule has 0 aliphatic heterocycles. The van der Waals surface area contributed by atoms with Gasteiger partial charge in [0.05, 0.1) is 13.2 Å². The predicted octanol–water partition coefficient (Wildman–Crippen LogP) is 0.985. The highest BCUT2D eigenvalue weighted by Gasteiger charge is 1.94. The van der Waals surface area contributed by atoms with E-state index in [1.807, 2.05) is 0 Å². The summed E-state index contributed by atoms with van der Waals surface area (Å²) in [5, 5.41) is 7.90. The van der Waals surface area contributed by atoms with Gasteiger partial charge in [0, 0.05) is 6.08 Å². The van der Waals surface area contributed by atoms with Gasteiger partial charge < -0.3 is 4.74 Å². The lowest BCUT2D eigenvalue weighted by Gasteiger charge is -1.99. The Bertz CT molecular complexity index is 122. The van der Waals surface area contributed by atoms with Gasteiger partial charge in [0.15, 0.2) is 0 Å². The molecule has 0 aromatic carbocycles. The predicted molar refractivity (Wildman–Crippen MR) is 39.0 cm³/mol. The van der Waals surface area contributed by atoms with Crippen LogP contribution in [0.5, 0.6) is 0 Å². The van der Waals surface area contributed by atoms with E-state index < -0.39 is 5.97 Å². The molecule has 64 valence electrons. The van der Waals surface area contributed by atoms with E-state index >= 15 is 0 Å². The molecule has 0 saturated carbocycles. The summed E-state index contributed by atoms with van der Waals surface area (Å²) in [6, 6.07) is 0. The van der Waals surface area contributed by atoms with Crippen LogP contribution >= 0.6 is 0 Å². The Balaban J connectivity index is 3.01. The highest BCUT2D eigenvalue weighted by atomic mass is 17.1. The minimum Gasteiger partial charge on any atom is -0.463 e. The maximum Gasteiger partial charge on any atom is 0.330 e. The second-order valence-corrected chi connectivity index (χ2v) is 1.91. The Labute approximate surface area is 65.4 Å². The number of hydrogen-bond acceptors (Lipinski definition) is 4. The number of hydrogen-bond donors (Lipinski definition) is 1. The summed E-state index contributed by atoms with van der Waals surface area (Å²) >= 11 is 0. The molecule has 0 radical (unpaired) electrons. The molecule has 0 aliphatic rings. The van der Waals surface area contributed by atoms with Crippen LogP contribution < -0.4 is 0 Å². The third-order valence-corrected chi connectivity index (χ3v) is 1.04. The molecule has 0 saturated heterocycles. The van der Waals surface area contributed by atoms with Crippen molar-refractivity contribution >= 4 is 5.97 Å². The fraction of sp³-hybridized carbons (Fsp3) is 0.571. The van der Waals surface area contributed by atoms with E-state index in [1.54, 1.807) is 0 Å². The van der Waals surface area contributed by atoms with Gasteiger partial charge in [-0.2, -0.15) is 0 Å². The third kappa shape index (κ3) is 7.02. The van der Waals surface area contributed by atoms with Gasteiger partial charge in [0.25, 0.3) is 0 Å². The molecule has 0 heterocycles. The van der Waals surface area contributed by atoms with Crippen LogP contribution in [0.15, 0.2) is 12.7 Å². The normalized spacial score (nSPS) is 9.18. The molecular formula is C7H12O4. The van der Waals surface area contributed by atoms with E-state index in [2.05, 4.69) is 16.2 Å². The van der Waals surface area contributed by atoms with E-state index in [0.717, 1.165) is 6.08 Å². The Morgan fingerprint density at radius 1 is 1.45 bits per heavy atom. The molecule has 0 unspecified atom stereocenters. The van der Waals surface area contributed by atoms with Crippen LogP contribution in [0.2, 0.25) is 0 Å². The zero-order valence-corrected chi connectivity index (χ0v) is 6.28. The van der Waals surface area contributed by atoms with Crippen LogP contribution in [-0.2, 0) is 14.4 Å². The molecule has 4 heteroatoms. The summed E-state index contributed by atoms with van der Waals surface area (Å²) in [6.45, 7) is 3.85. The van der Waals surface area contributed by atoms with Crippen molar-refractivity contribution in [2.45, 2.75) is 12.8 Å². The topological polar surface area (TPSA) is 55.8 Å². The standard InChI is InChI=1S/C7H12O4/c1-2-7(8)10-5-3-4-6-11-9/h2,9H,1,3-6H2. The van der Waals surface area contributed by atoms with Crippen molar-refractivity contribution < 1.29 is 19.7 Å². The molecule has 0 amide bonds. The van der Waals surface area contributed by atoms with Crippen molar-refractivity contribution in [1.29, 1.82) is 0 Å².